The first-order chi connectivity index (χ1) is 15.5. The highest BCUT2D eigenvalue weighted by Crippen LogP contribution is 2.20. The summed E-state index contributed by atoms with van der Waals surface area (Å²) in [6, 6.07) is 21.9. The molecular weight excluding hydrogens is 422 g/mol. The number of aromatic nitrogens is 1. The summed E-state index contributed by atoms with van der Waals surface area (Å²) in [6.07, 6.45) is 2.23. The molecule has 0 saturated carbocycles. The molecule has 4 aromatic rings. The van der Waals surface area contributed by atoms with Crippen LogP contribution in [0.25, 0.3) is 10.9 Å². The molecule has 1 aromatic heterocycles. The van der Waals surface area contributed by atoms with Crippen LogP contribution >= 0.6 is 11.6 Å². The fourth-order valence-electron chi connectivity index (χ4n) is 3.63. The van der Waals surface area contributed by atoms with Crippen molar-refractivity contribution in [2.45, 2.75) is 25.9 Å². The number of carbonyl (C=O) groups excluding carboxylic acids is 2. The average Bonchev–Trinajstić information content (AvgIpc) is 3.21. The van der Waals surface area contributed by atoms with Gasteiger partial charge in [-0.3, -0.25) is 9.59 Å². The molecular formula is C26H24ClN3O2. The number of nitrogens with one attached hydrogen (secondary N) is 3. The van der Waals surface area contributed by atoms with Crippen molar-refractivity contribution < 1.29 is 9.59 Å². The van der Waals surface area contributed by atoms with E-state index in [4.69, 9.17) is 11.6 Å². The van der Waals surface area contributed by atoms with Crippen LogP contribution in [0.1, 0.15) is 27.0 Å². The molecule has 0 bridgehead atoms. The lowest BCUT2D eigenvalue weighted by Gasteiger charge is -2.19. The van der Waals surface area contributed by atoms with Crippen LogP contribution < -0.4 is 10.6 Å². The van der Waals surface area contributed by atoms with Crippen LogP contribution in [0.5, 0.6) is 0 Å². The van der Waals surface area contributed by atoms with E-state index in [1.54, 1.807) is 24.3 Å². The van der Waals surface area contributed by atoms with Crippen molar-refractivity contribution in [3.8, 4) is 0 Å². The molecule has 3 N–H and O–H groups in total. The van der Waals surface area contributed by atoms with E-state index in [2.05, 4.69) is 15.6 Å². The lowest BCUT2D eigenvalue weighted by Crippen LogP contribution is -2.47. The largest absolute Gasteiger partial charge is 0.361 e. The second-order valence-corrected chi connectivity index (χ2v) is 8.18. The summed E-state index contributed by atoms with van der Waals surface area (Å²) in [7, 11) is 0. The summed E-state index contributed by atoms with van der Waals surface area (Å²) in [5, 5.41) is 7.19. The van der Waals surface area contributed by atoms with Crippen molar-refractivity contribution >= 4 is 34.3 Å². The first kappa shape index (κ1) is 21.7. The molecule has 0 radical (unpaired) electrons. The molecule has 3 aromatic carbocycles. The van der Waals surface area contributed by atoms with Gasteiger partial charge in [-0.15, -0.1) is 0 Å². The second kappa shape index (κ2) is 9.71. The molecule has 32 heavy (non-hydrogen) atoms. The molecule has 0 fully saturated rings. The molecule has 0 saturated heterocycles. The van der Waals surface area contributed by atoms with Crippen LogP contribution in [-0.4, -0.2) is 22.8 Å². The fourth-order valence-corrected chi connectivity index (χ4v) is 3.85. The van der Waals surface area contributed by atoms with Crippen LogP contribution in [0, 0.1) is 6.92 Å². The van der Waals surface area contributed by atoms with Gasteiger partial charge >= 0.3 is 0 Å². The highest BCUT2D eigenvalue weighted by atomic mass is 35.5. The molecule has 1 unspecified atom stereocenters. The first-order valence-corrected chi connectivity index (χ1v) is 10.8. The number of benzene rings is 3. The van der Waals surface area contributed by atoms with Gasteiger partial charge in [0.1, 0.15) is 6.04 Å². The Morgan fingerprint density at radius 3 is 2.47 bits per heavy atom. The van der Waals surface area contributed by atoms with E-state index in [-0.39, 0.29) is 11.8 Å². The molecule has 0 spiro atoms. The number of H-pyrrole nitrogens is 1. The van der Waals surface area contributed by atoms with Gasteiger partial charge in [-0.25, -0.2) is 0 Å². The number of fused-ring (bicyclic) bond motifs is 1. The zero-order valence-electron chi connectivity index (χ0n) is 17.7. The lowest BCUT2D eigenvalue weighted by molar-refractivity contribution is -0.123. The Morgan fingerprint density at radius 2 is 1.69 bits per heavy atom. The third-order valence-electron chi connectivity index (χ3n) is 5.43. The predicted octanol–water partition coefficient (Wildman–Crippen LogP) is 4.79. The number of aromatic amines is 1. The number of halogens is 1. The molecule has 1 heterocycles. The van der Waals surface area contributed by atoms with Crippen molar-refractivity contribution in [2.24, 2.45) is 0 Å². The molecule has 4 rings (SSSR count). The number of aryl methyl sites for hydroxylation is 1. The normalized spacial score (nSPS) is 11.8. The molecule has 0 aliphatic carbocycles. The highest BCUT2D eigenvalue weighted by Gasteiger charge is 2.24. The Morgan fingerprint density at radius 1 is 0.969 bits per heavy atom. The van der Waals surface area contributed by atoms with Crippen molar-refractivity contribution in [1.82, 2.24) is 15.6 Å². The molecule has 5 nitrogen and oxygen atoms in total. The third kappa shape index (κ3) is 5.01. The van der Waals surface area contributed by atoms with Crippen molar-refractivity contribution in [3.63, 3.8) is 0 Å². The summed E-state index contributed by atoms with van der Waals surface area (Å²) in [5.74, 6) is -0.637. The number of carbonyl (C=O) groups is 2. The minimum Gasteiger partial charge on any atom is -0.361 e. The van der Waals surface area contributed by atoms with Crippen LogP contribution in [0.3, 0.4) is 0 Å². The van der Waals surface area contributed by atoms with Gasteiger partial charge in [-0.05, 0) is 36.2 Å². The Hall–Kier alpha value is -3.57. The van der Waals surface area contributed by atoms with Crippen LogP contribution in [-0.2, 0) is 17.8 Å². The monoisotopic (exact) mass is 445 g/mol. The summed E-state index contributed by atoms with van der Waals surface area (Å²) in [4.78, 5) is 29.3. The molecule has 1 atom stereocenters. The van der Waals surface area contributed by atoms with Gasteiger partial charge in [0.05, 0.1) is 10.6 Å². The Kier molecular flexibility index (Phi) is 6.57. The minimum atomic E-state index is -0.761. The summed E-state index contributed by atoms with van der Waals surface area (Å²) in [6.45, 7) is 2.40. The zero-order chi connectivity index (χ0) is 22.5. The summed E-state index contributed by atoms with van der Waals surface area (Å²) < 4.78 is 0. The average molecular weight is 446 g/mol. The molecule has 0 aliphatic heterocycles. The highest BCUT2D eigenvalue weighted by molar-refractivity contribution is 6.33. The van der Waals surface area contributed by atoms with Gasteiger partial charge < -0.3 is 15.6 Å². The maximum atomic E-state index is 13.1. The molecule has 2 amide bonds. The van der Waals surface area contributed by atoms with E-state index in [9.17, 15) is 9.59 Å². The van der Waals surface area contributed by atoms with Gasteiger partial charge in [0.25, 0.3) is 5.91 Å². The predicted molar refractivity (Wildman–Crippen MR) is 128 cm³/mol. The number of hydrogen-bond donors (Lipinski definition) is 3. The smallest absolute Gasteiger partial charge is 0.253 e. The maximum absolute atomic E-state index is 13.1. The second-order valence-electron chi connectivity index (χ2n) is 7.77. The Labute approximate surface area is 191 Å². The first-order valence-electron chi connectivity index (χ1n) is 10.4. The molecule has 6 heteroatoms. The standard InChI is InChI=1S/C26H24ClN3O2/c1-17-10-12-18(13-11-17)15-29-26(32)24(30-25(31)21-7-2-4-8-22(21)27)14-19-16-28-23-9-5-3-6-20(19)23/h2-13,16,24,28H,14-15H2,1H3,(H,29,32)(H,30,31). The number of amides is 2. The van der Waals surface area contributed by atoms with E-state index in [1.165, 1.54) is 0 Å². The quantitative estimate of drug-likeness (QED) is 0.382. The fraction of sp³-hybridized carbons (Fsp3) is 0.154. The Balaban J connectivity index is 1.55. The molecule has 0 aliphatic rings. The van der Waals surface area contributed by atoms with E-state index < -0.39 is 6.04 Å². The summed E-state index contributed by atoms with van der Waals surface area (Å²) >= 11 is 6.19. The Bertz CT molecular complexity index is 1250. The zero-order valence-corrected chi connectivity index (χ0v) is 18.4. The van der Waals surface area contributed by atoms with Gasteiger partial charge in [0.2, 0.25) is 5.91 Å². The van der Waals surface area contributed by atoms with Crippen molar-refractivity contribution in [1.29, 1.82) is 0 Å². The SMILES string of the molecule is Cc1ccc(CNC(=O)C(Cc2c[nH]c3ccccc23)NC(=O)c2ccccc2Cl)cc1. The maximum Gasteiger partial charge on any atom is 0.253 e. The van der Waals surface area contributed by atoms with Gasteiger partial charge in [0.15, 0.2) is 0 Å². The summed E-state index contributed by atoms with van der Waals surface area (Å²) in [5.41, 5.74) is 4.43. The number of rotatable bonds is 7. The van der Waals surface area contributed by atoms with Crippen LogP contribution in [0.4, 0.5) is 0 Å². The minimum absolute atomic E-state index is 0.253. The molecule has 162 valence electrons. The van der Waals surface area contributed by atoms with E-state index >= 15 is 0 Å². The van der Waals surface area contributed by atoms with E-state index in [0.29, 0.717) is 23.6 Å². The lowest BCUT2D eigenvalue weighted by atomic mass is 10.0. The number of hydrogen-bond acceptors (Lipinski definition) is 2. The van der Waals surface area contributed by atoms with Crippen LogP contribution in [0.2, 0.25) is 5.02 Å². The van der Waals surface area contributed by atoms with Gasteiger partial charge in [-0.2, -0.15) is 0 Å². The third-order valence-corrected chi connectivity index (χ3v) is 5.76. The van der Waals surface area contributed by atoms with Crippen molar-refractivity contribution in [3.05, 3.63) is 106 Å². The van der Waals surface area contributed by atoms with Crippen molar-refractivity contribution in [2.75, 3.05) is 0 Å². The number of para-hydroxylation sites is 1. The van der Waals surface area contributed by atoms with E-state index in [0.717, 1.165) is 27.6 Å². The van der Waals surface area contributed by atoms with Gasteiger partial charge in [-0.1, -0.05) is 71.8 Å². The van der Waals surface area contributed by atoms with Gasteiger partial charge in [0, 0.05) is 30.1 Å². The topological polar surface area (TPSA) is 74.0 Å². The van der Waals surface area contributed by atoms with E-state index in [1.807, 2.05) is 61.7 Å². The van der Waals surface area contributed by atoms with Crippen LogP contribution in [0.15, 0.2) is 79.0 Å².